The van der Waals surface area contributed by atoms with Crippen molar-refractivity contribution in [1.29, 1.82) is 0 Å². The second-order valence-electron chi connectivity index (χ2n) is 8.06. The minimum atomic E-state index is -0.560. The smallest absolute Gasteiger partial charge is 0.410 e. The summed E-state index contributed by atoms with van der Waals surface area (Å²) in [5.41, 5.74) is 0.701. The van der Waals surface area contributed by atoms with E-state index in [1.165, 1.54) is 0 Å². The van der Waals surface area contributed by atoms with E-state index in [1.807, 2.05) is 32.9 Å². The SMILES string of the molecule is CCOC(=O)[C@@H]1CN(C(=O)OCC(C)(C)C)[C@H]2c3ccc(OC)cc3O[C@@H]12. The van der Waals surface area contributed by atoms with Gasteiger partial charge in [0.2, 0.25) is 0 Å². The van der Waals surface area contributed by atoms with Crippen molar-refractivity contribution in [1.82, 2.24) is 4.90 Å². The summed E-state index contributed by atoms with van der Waals surface area (Å²) in [7, 11) is 1.58. The summed E-state index contributed by atoms with van der Waals surface area (Å²) >= 11 is 0. The van der Waals surface area contributed by atoms with Gasteiger partial charge in [0.25, 0.3) is 0 Å². The van der Waals surface area contributed by atoms with Crippen LogP contribution in [0.3, 0.4) is 0 Å². The molecule has 0 aromatic heterocycles. The van der Waals surface area contributed by atoms with E-state index in [-0.39, 0.29) is 30.6 Å². The lowest BCUT2D eigenvalue weighted by atomic mass is 9.98. The molecule has 1 fully saturated rings. The Labute approximate surface area is 159 Å². The van der Waals surface area contributed by atoms with Crippen LogP contribution in [-0.2, 0) is 14.3 Å². The normalized spacial score (nSPS) is 23.3. The van der Waals surface area contributed by atoms with Gasteiger partial charge in [-0.25, -0.2) is 4.79 Å². The highest BCUT2D eigenvalue weighted by atomic mass is 16.6. The summed E-state index contributed by atoms with van der Waals surface area (Å²) in [4.78, 5) is 26.8. The molecule has 0 bridgehead atoms. The highest BCUT2D eigenvalue weighted by Crippen LogP contribution is 2.49. The molecule has 0 spiro atoms. The van der Waals surface area contributed by atoms with E-state index in [0.29, 0.717) is 18.1 Å². The predicted molar refractivity (Wildman–Crippen MR) is 97.8 cm³/mol. The van der Waals surface area contributed by atoms with Crippen LogP contribution in [0.4, 0.5) is 4.79 Å². The summed E-state index contributed by atoms with van der Waals surface area (Å²) in [5.74, 6) is 0.351. The number of methoxy groups -OCH3 is 1. The van der Waals surface area contributed by atoms with Crippen LogP contribution in [0.2, 0.25) is 0 Å². The van der Waals surface area contributed by atoms with E-state index in [0.717, 1.165) is 5.56 Å². The summed E-state index contributed by atoms with van der Waals surface area (Å²) < 4.78 is 22.0. The Morgan fingerprint density at radius 2 is 2.00 bits per heavy atom. The van der Waals surface area contributed by atoms with Gasteiger partial charge in [0, 0.05) is 18.2 Å². The molecule has 3 rings (SSSR count). The number of carbonyl (C=O) groups excluding carboxylic acids is 2. The molecule has 148 valence electrons. The molecular formula is C20H27NO6. The number of carbonyl (C=O) groups is 2. The summed E-state index contributed by atoms with van der Waals surface area (Å²) in [5, 5.41) is 0. The monoisotopic (exact) mass is 377 g/mol. The molecule has 3 atom stereocenters. The second kappa shape index (κ2) is 7.29. The minimum Gasteiger partial charge on any atom is -0.497 e. The maximum atomic E-state index is 12.8. The lowest BCUT2D eigenvalue weighted by Crippen LogP contribution is -2.34. The predicted octanol–water partition coefficient (Wildman–Crippen LogP) is 3.17. The average Bonchev–Trinajstić information content (AvgIpc) is 3.15. The summed E-state index contributed by atoms with van der Waals surface area (Å²) in [6, 6.07) is 5.08. The zero-order valence-electron chi connectivity index (χ0n) is 16.5. The Kier molecular flexibility index (Phi) is 5.22. The highest BCUT2D eigenvalue weighted by molar-refractivity contribution is 5.78. The first-order valence-corrected chi connectivity index (χ1v) is 9.20. The van der Waals surface area contributed by atoms with Gasteiger partial charge in [0.1, 0.15) is 29.6 Å². The Bertz CT molecular complexity index is 726. The molecule has 1 saturated heterocycles. The number of ether oxygens (including phenoxy) is 4. The van der Waals surface area contributed by atoms with Crippen molar-refractivity contribution in [2.45, 2.75) is 39.8 Å². The molecule has 7 nitrogen and oxygen atoms in total. The summed E-state index contributed by atoms with van der Waals surface area (Å²) in [6.07, 6.45) is -0.938. The lowest BCUT2D eigenvalue weighted by Gasteiger charge is -2.25. The number of fused-ring (bicyclic) bond motifs is 3. The van der Waals surface area contributed by atoms with Gasteiger partial charge in [-0.1, -0.05) is 20.8 Å². The van der Waals surface area contributed by atoms with Crippen molar-refractivity contribution in [3.8, 4) is 11.5 Å². The van der Waals surface area contributed by atoms with Gasteiger partial charge in [0.15, 0.2) is 0 Å². The Hall–Kier alpha value is -2.44. The molecule has 2 heterocycles. The van der Waals surface area contributed by atoms with Crippen LogP contribution in [0.5, 0.6) is 11.5 Å². The standard InChI is InChI=1S/C20H27NO6/c1-6-25-18(22)14-10-21(19(23)26-11-20(2,3)4)16-13-8-7-12(24-5)9-15(13)27-17(14)16/h7-9,14,16-17H,6,10-11H2,1-5H3/t14-,16+,17+/m1/s1. The van der Waals surface area contributed by atoms with Gasteiger partial charge in [-0.3, -0.25) is 9.69 Å². The molecule has 27 heavy (non-hydrogen) atoms. The first-order valence-electron chi connectivity index (χ1n) is 9.20. The van der Waals surface area contributed by atoms with E-state index in [2.05, 4.69) is 0 Å². The van der Waals surface area contributed by atoms with Crippen molar-refractivity contribution in [3.63, 3.8) is 0 Å². The zero-order valence-corrected chi connectivity index (χ0v) is 16.5. The average molecular weight is 377 g/mol. The minimum absolute atomic E-state index is 0.146. The Morgan fingerprint density at radius 1 is 1.26 bits per heavy atom. The van der Waals surface area contributed by atoms with Gasteiger partial charge >= 0.3 is 12.1 Å². The summed E-state index contributed by atoms with van der Waals surface area (Å²) in [6.45, 7) is 8.53. The van der Waals surface area contributed by atoms with Crippen molar-refractivity contribution in [2.24, 2.45) is 11.3 Å². The van der Waals surface area contributed by atoms with Gasteiger partial charge in [-0.2, -0.15) is 0 Å². The zero-order chi connectivity index (χ0) is 19.8. The van der Waals surface area contributed by atoms with Crippen molar-refractivity contribution in [3.05, 3.63) is 23.8 Å². The van der Waals surface area contributed by atoms with Crippen LogP contribution in [0.1, 0.15) is 39.3 Å². The third kappa shape index (κ3) is 3.82. The van der Waals surface area contributed by atoms with Crippen LogP contribution in [0.25, 0.3) is 0 Å². The second-order valence-corrected chi connectivity index (χ2v) is 8.06. The van der Waals surface area contributed by atoms with Crippen LogP contribution < -0.4 is 9.47 Å². The molecule has 1 aromatic carbocycles. The molecule has 0 unspecified atom stereocenters. The van der Waals surface area contributed by atoms with Gasteiger partial charge < -0.3 is 18.9 Å². The Morgan fingerprint density at radius 3 is 2.63 bits per heavy atom. The maximum absolute atomic E-state index is 12.8. The van der Waals surface area contributed by atoms with Gasteiger partial charge in [-0.05, 0) is 24.5 Å². The number of amides is 1. The van der Waals surface area contributed by atoms with E-state index < -0.39 is 18.1 Å². The van der Waals surface area contributed by atoms with Crippen LogP contribution in [0, 0.1) is 11.3 Å². The number of hydrogen-bond acceptors (Lipinski definition) is 6. The first kappa shape index (κ1) is 19.3. The number of rotatable bonds is 4. The topological polar surface area (TPSA) is 74.3 Å². The third-order valence-corrected chi connectivity index (χ3v) is 4.69. The number of benzene rings is 1. The number of likely N-dealkylation sites (tertiary alicyclic amines) is 1. The molecule has 0 aliphatic carbocycles. The molecule has 7 heteroatoms. The lowest BCUT2D eigenvalue weighted by molar-refractivity contribution is -0.149. The van der Waals surface area contributed by atoms with Crippen LogP contribution in [0.15, 0.2) is 18.2 Å². The van der Waals surface area contributed by atoms with Crippen molar-refractivity contribution in [2.75, 3.05) is 26.9 Å². The fraction of sp³-hybridized carbons (Fsp3) is 0.600. The van der Waals surface area contributed by atoms with E-state index >= 15 is 0 Å². The molecular weight excluding hydrogens is 350 g/mol. The maximum Gasteiger partial charge on any atom is 0.410 e. The third-order valence-electron chi connectivity index (χ3n) is 4.69. The number of nitrogens with zero attached hydrogens (tertiary/aromatic N) is 1. The molecule has 1 amide bonds. The molecule has 2 aliphatic rings. The molecule has 0 saturated carbocycles. The fourth-order valence-corrected chi connectivity index (χ4v) is 3.46. The molecule has 1 aromatic rings. The molecule has 2 aliphatic heterocycles. The fourth-order valence-electron chi connectivity index (χ4n) is 3.46. The molecule has 0 radical (unpaired) electrons. The Balaban J connectivity index is 1.88. The number of hydrogen-bond donors (Lipinski definition) is 0. The largest absolute Gasteiger partial charge is 0.497 e. The van der Waals surface area contributed by atoms with Crippen LogP contribution in [-0.4, -0.2) is 49.9 Å². The van der Waals surface area contributed by atoms with E-state index in [9.17, 15) is 9.59 Å². The van der Waals surface area contributed by atoms with Crippen molar-refractivity contribution < 1.29 is 28.5 Å². The first-order chi connectivity index (χ1) is 12.7. The van der Waals surface area contributed by atoms with Crippen molar-refractivity contribution >= 4 is 12.1 Å². The van der Waals surface area contributed by atoms with E-state index in [4.69, 9.17) is 18.9 Å². The molecule has 0 N–H and O–H groups in total. The van der Waals surface area contributed by atoms with Gasteiger partial charge in [0.05, 0.1) is 20.3 Å². The van der Waals surface area contributed by atoms with Gasteiger partial charge in [-0.15, -0.1) is 0 Å². The highest BCUT2D eigenvalue weighted by Gasteiger charge is 2.55. The quantitative estimate of drug-likeness (QED) is 0.751. The van der Waals surface area contributed by atoms with E-state index in [1.54, 1.807) is 25.0 Å². The number of esters is 1. The van der Waals surface area contributed by atoms with Crippen LogP contribution >= 0.6 is 0 Å².